The van der Waals surface area contributed by atoms with Crippen LogP contribution in [0.4, 0.5) is 0 Å². The topological polar surface area (TPSA) is 20.2 Å². The molecule has 0 spiro atoms. The van der Waals surface area contributed by atoms with Gasteiger partial charge < -0.3 is 5.11 Å². The van der Waals surface area contributed by atoms with E-state index in [0.717, 1.165) is 18.4 Å². The van der Waals surface area contributed by atoms with Crippen LogP contribution in [0.25, 0.3) is 6.08 Å². The van der Waals surface area contributed by atoms with Crippen LogP contribution >= 0.6 is 23.2 Å². The monoisotopic (exact) mass is 230 g/mol. The van der Waals surface area contributed by atoms with Gasteiger partial charge in [0.25, 0.3) is 0 Å². The minimum absolute atomic E-state index is 0.216. The number of hydrogen-bond donors (Lipinski definition) is 1. The van der Waals surface area contributed by atoms with E-state index in [1.807, 2.05) is 24.3 Å². The zero-order valence-electron chi connectivity index (χ0n) is 7.71. The summed E-state index contributed by atoms with van der Waals surface area (Å²) in [7, 11) is 0. The van der Waals surface area contributed by atoms with Crippen molar-refractivity contribution in [2.45, 2.75) is 12.8 Å². The van der Waals surface area contributed by atoms with Gasteiger partial charge in [-0.25, -0.2) is 0 Å². The summed E-state index contributed by atoms with van der Waals surface area (Å²) in [5.41, 5.74) is 0.914. The first-order valence-electron chi connectivity index (χ1n) is 4.47. The van der Waals surface area contributed by atoms with Gasteiger partial charge in [-0.3, -0.25) is 0 Å². The van der Waals surface area contributed by atoms with E-state index in [4.69, 9.17) is 28.3 Å². The van der Waals surface area contributed by atoms with Gasteiger partial charge in [-0.1, -0.05) is 47.5 Å². The predicted molar refractivity (Wildman–Crippen MR) is 61.8 cm³/mol. The fourth-order valence-electron chi connectivity index (χ4n) is 1.07. The van der Waals surface area contributed by atoms with Gasteiger partial charge in [0.05, 0.1) is 10.0 Å². The molecule has 1 aromatic carbocycles. The Bertz CT molecular complexity index is 321. The molecule has 1 aromatic rings. The van der Waals surface area contributed by atoms with Crippen LogP contribution in [0.2, 0.25) is 10.0 Å². The fraction of sp³-hybridized carbons (Fsp3) is 0.273. The Hall–Kier alpha value is -0.500. The van der Waals surface area contributed by atoms with E-state index in [0.29, 0.717) is 10.0 Å². The lowest BCUT2D eigenvalue weighted by Crippen LogP contribution is -1.79. The molecule has 1 N–H and O–H groups in total. The van der Waals surface area contributed by atoms with Crippen molar-refractivity contribution in [3.8, 4) is 0 Å². The van der Waals surface area contributed by atoms with E-state index in [-0.39, 0.29) is 6.61 Å². The third-order valence-electron chi connectivity index (χ3n) is 1.81. The molecule has 0 radical (unpaired) electrons. The van der Waals surface area contributed by atoms with Crippen molar-refractivity contribution in [1.82, 2.24) is 0 Å². The quantitative estimate of drug-likeness (QED) is 0.782. The maximum absolute atomic E-state index is 8.58. The minimum atomic E-state index is 0.216. The smallest absolute Gasteiger partial charge is 0.0664 e. The lowest BCUT2D eigenvalue weighted by molar-refractivity contribution is 0.290. The molecule has 0 atom stereocenters. The van der Waals surface area contributed by atoms with Gasteiger partial charge in [0.1, 0.15) is 0 Å². The first kappa shape index (κ1) is 11.6. The SMILES string of the molecule is OCCC/C=C/c1cccc(Cl)c1Cl. The highest BCUT2D eigenvalue weighted by atomic mass is 35.5. The van der Waals surface area contributed by atoms with E-state index in [1.54, 1.807) is 6.07 Å². The Balaban J connectivity index is 2.67. The molecular formula is C11H12Cl2O. The number of rotatable bonds is 4. The number of hydrogen-bond acceptors (Lipinski definition) is 1. The van der Waals surface area contributed by atoms with Crippen LogP contribution in [0.1, 0.15) is 18.4 Å². The van der Waals surface area contributed by atoms with Crippen LogP contribution in [0.3, 0.4) is 0 Å². The molecule has 1 rings (SSSR count). The summed E-state index contributed by atoms with van der Waals surface area (Å²) in [6.45, 7) is 0.216. The fourth-order valence-corrected chi connectivity index (χ4v) is 1.44. The molecule has 0 aliphatic heterocycles. The zero-order valence-corrected chi connectivity index (χ0v) is 9.22. The van der Waals surface area contributed by atoms with E-state index >= 15 is 0 Å². The second-order valence-corrected chi connectivity index (χ2v) is 3.70. The number of aliphatic hydroxyl groups excluding tert-OH is 1. The van der Waals surface area contributed by atoms with Gasteiger partial charge >= 0.3 is 0 Å². The van der Waals surface area contributed by atoms with Crippen molar-refractivity contribution in [1.29, 1.82) is 0 Å². The van der Waals surface area contributed by atoms with Crippen LogP contribution < -0.4 is 0 Å². The summed E-state index contributed by atoms with van der Waals surface area (Å²) in [6.07, 6.45) is 5.52. The molecule has 0 unspecified atom stereocenters. The highest BCUT2D eigenvalue weighted by molar-refractivity contribution is 6.42. The first-order valence-corrected chi connectivity index (χ1v) is 5.22. The number of benzene rings is 1. The average molecular weight is 231 g/mol. The van der Waals surface area contributed by atoms with Gasteiger partial charge in [-0.2, -0.15) is 0 Å². The molecule has 76 valence electrons. The van der Waals surface area contributed by atoms with Crippen LogP contribution in [0, 0.1) is 0 Å². The molecule has 0 fully saturated rings. The number of unbranched alkanes of at least 4 members (excludes halogenated alkanes) is 1. The van der Waals surface area contributed by atoms with Crippen LogP contribution in [-0.4, -0.2) is 11.7 Å². The van der Waals surface area contributed by atoms with Gasteiger partial charge in [-0.15, -0.1) is 0 Å². The molecule has 0 bridgehead atoms. The molecule has 0 amide bonds. The molecule has 14 heavy (non-hydrogen) atoms. The Morgan fingerprint density at radius 2 is 2.07 bits per heavy atom. The standard InChI is InChI=1S/C11H12Cl2O/c12-10-7-4-6-9(11(10)13)5-2-1-3-8-14/h2,4-7,14H,1,3,8H2/b5-2+. The summed E-state index contributed by atoms with van der Waals surface area (Å²) in [4.78, 5) is 0. The molecule has 1 nitrogen and oxygen atoms in total. The lowest BCUT2D eigenvalue weighted by atomic mass is 10.2. The summed E-state index contributed by atoms with van der Waals surface area (Å²) in [6, 6.07) is 5.53. The molecule has 0 saturated heterocycles. The Morgan fingerprint density at radius 3 is 2.79 bits per heavy atom. The van der Waals surface area contributed by atoms with Crippen LogP contribution in [0.15, 0.2) is 24.3 Å². The van der Waals surface area contributed by atoms with Gasteiger partial charge in [0, 0.05) is 6.61 Å². The first-order chi connectivity index (χ1) is 6.75. The Morgan fingerprint density at radius 1 is 1.29 bits per heavy atom. The van der Waals surface area contributed by atoms with Crippen molar-refractivity contribution >= 4 is 29.3 Å². The molecule has 0 aliphatic rings. The maximum atomic E-state index is 8.58. The average Bonchev–Trinajstić information content (AvgIpc) is 2.19. The van der Waals surface area contributed by atoms with Gasteiger partial charge in [0.2, 0.25) is 0 Å². The van der Waals surface area contributed by atoms with E-state index in [1.165, 1.54) is 0 Å². The number of halogens is 2. The summed E-state index contributed by atoms with van der Waals surface area (Å²) >= 11 is 11.8. The summed E-state index contributed by atoms with van der Waals surface area (Å²) < 4.78 is 0. The third kappa shape index (κ3) is 3.33. The lowest BCUT2D eigenvalue weighted by Gasteiger charge is -1.99. The van der Waals surface area contributed by atoms with Crippen molar-refractivity contribution in [2.24, 2.45) is 0 Å². The van der Waals surface area contributed by atoms with E-state index < -0.39 is 0 Å². The molecular weight excluding hydrogens is 219 g/mol. The highest BCUT2D eigenvalue weighted by Gasteiger charge is 1.99. The highest BCUT2D eigenvalue weighted by Crippen LogP contribution is 2.26. The molecule has 0 heterocycles. The maximum Gasteiger partial charge on any atom is 0.0664 e. The minimum Gasteiger partial charge on any atom is -0.396 e. The predicted octanol–water partition coefficient (Wildman–Crippen LogP) is 3.78. The zero-order chi connectivity index (χ0) is 10.4. The Kier molecular flexibility index (Phi) is 5.02. The van der Waals surface area contributed by atoms with Gasteiger partial charge in [-0.05, 0) is 24.5 Å². The molecule has 0 saturated carbocycles. The van der Waals surface area contributed by atoms with Crippen LogP contribution in [0.5, 0.6) is 0 Å². The normalized spacial score (nSPS) is 11.1. The second kappa shape index (κ2) is 6.07. The van der Waals surface area contributed by atoms with E-state index in [9.17, 15) is 0 Å². The summed E-state index contributed by atoms with van der Waals surface area (Å²) in [5, 5.41) is 9.72. The Labute approximate surface area is 94.0 Å². The van der Waals surface area contributed by atoms with Crippen molar-refractivity contribution < 1.29 is 5.11 Å². The number of allylic oxidation sites excluding steroid dienone is 1. The van der Waals surface area contributed by atoms with Crippen LogP contribution in [-0.2, 0) is 0 Å². The molecule has 0 aliphatic carbocycles. The van der Waals surface area contributed by atoms with Crippen molar-refractivity contribution in [3.63, 3.8) is 0 Å². The largest absolute Gasteiger partial charge is 0.396 e. The molecule has 3 heteroatoms. The van der Waals surface area contributed by atoms with Gasteiger partial charge in [0.15, 0.2) is 0 Å². The van der Waals surface area contributed by atoms with E-state index in [2.05, 4.69) is 0 Å². The third-order valence-corrected chi connectivity index (χ3v) is 2.64. The van der Waals surface area contributed by atoms with Crippen molar-refractivity contribution in [2.75, 3.05) is 6.61 Å². The number of aliphatic hydroxyl groups is 1. The summed E-state index contributed by atoms with van der Waals surface area (Å²) in [5.74, 6) is 0. The van der Waals surface area contributed by atoms with Crippen molar-refractivity contribution in [3.05, 3.63) is 39.9 Å². The molecule has 0 aromatic heterocycles. The second-order valence-electron chi connectivity index (χ2n) is 2.91.